The summed E-state index contributed by atoms with van der Waals surface area (Å²) in [6.07, 6.45) is 4.62. The van der Waals surface area contributed by atoms with Crippen LogP contribution in [0.1, 0.15) is 30.9 Å². The second-order valence-corrected chi connectivity index (χ2v) is 10.0. The highest BCUT2D eigenvalue weighted by Crippen LogP contribution is 2.25. The number of rotatable bonds is 7. The van der Waals surface area contributed by atoms with Gasteiger partial charge in [0.05, 0.1) is 23.7 Å². The van der Waals surface area contributed by atoms with Gasteiger partial charge in [0.2, 0.25) is 0 Å². The van der Waals surface area contributed by atoms with Crippen LogP contribution in [-0.4, -0.2) is 50.5 Å². The van der Waals surface area contributed by atoms with Crippen LogP contribution in [0.4, 0.5) is 14.6 Å². The molecule has 1 aliphatic heterocycles. The number of aromatic nitrogens is 3. The third-order valence-electron chi connectivity index (χ3n) is 7.04. The smallest absolute Gasteiger partial charge is 0.274 e. The summed E-state index contributed by atoms with van der Waals surface area (Å²) in [5.41, 5.74) is 11.0. The molecule has 4 aromatic rings. The van der Waals surface area contributed by atoms with Crippen molar-refractivity contribution in [2.45, 2.75) is 38.9 Å². The Bertz CT molecular complexity index is 1780. The number of benzene rings is 2. The van der Waals surface area contributed by atoms with Crippen LogP contribution in [0.3, 0.4) is 0 Å². The molecule has 0 aliphatic carbocycles. The fraction of sp³-hybridized carbons (Fsp3) is 0.226. The number of hydrogen-bond acceptors (Lipinski definition) is 7. The van der Waals surface area contributed by atoms with Crippen LogP contribution in [0.15, 0.2) is 76.4 Å². The van der Waals surface area contributed by atoms with Gasteiger partial charge in [0.15, 0.2) is 17.3 Å². The van der Waals surface area contributed by atoms with Gasteiger partial charge in [-0.1, -0.05) is 42.8 Å². The summed E-state index contributed by atoms with van der Waals surface area (Å²) in [7, 11) is 1.54. The summed E-state index contributed by atoms with van der Waals surface area (Å²) < 4.78 is 27.1. The maximum atomic E-state index is 13.8. The Hall–Kier alpha value is -5.24. The molecule has 0 saturated carbocycles. The SMILES string of the molecule is CCC1=CC(=NCc2ccc(-c3cnc4n[nH]c(N)c4c3)cc2)C(C(=O)N(C)Cc2ccc(F)c(F)c2)=NC(C#N)C1. The largest absolute Gasteiger partial charge is 0.384 e. The molecule has 0 fully saturated rings. The predicted molar refractivity (Wildman–Crippen MR) is 158 cm³/mol. The van der Waals surface area contributed by atoms with E-state index in [0.29, 0.717) is 35.6 Å². The molecule has 42 heavy (non-hydrogen) atoms. The van der Waals surface area contributed by atoms with Crippen molar-refractivity contribution in [2.75, 3.05) is 12.8 Å². The summed E-state index contributed by atoms with van der Waals surface area (Å²) in [5.74, 6) is -1.96. The monoisotopic (exact) mass is 566 g/mol. The zero-order valence-corrected chi connectivity index (χ0v) is 23.1. The van der Waals surface area contributed by atoms with Crippen molar-refractivity contribution in [1.29, 1.82) is 5.26 Å². The van der Waals surface area contributed by atoms with E-state index < -0.39 is 23.6 Å². The van der Waals surface area contributed by atoms with E-state index in [4.69, 9.17) is 10.7 Å². The summed E-state index contributed by atoms with van der Waals surface area (Å²) >= 11 is 0. The van der Waals surface area contributed by atoms with Crippen molar-refractivity contribution in [2.24, 2.45) is 9.98 Å². The lowest BCUT2D eigenvalue weighted by Crippen LogP contribution is -2.37. The van der Waals surface area contributed by atoms with E-state index in [0.717, 1.165) is 39.8 Å². The lowest BCUT2D eigenvalue weighted by atomic mass is 10.0. The van der Waals surface area contributed by atoms with E-state index >= 15 is 0 Å². The van der Waals surface area contributed by atoms with Gasteiger partial charge in [0, 0.05) is 31.8 Å². The van der Waals surface area contributed by atoms with Crippen LogP contribution in [-0.2, 0) is 17.9 Å². The predicted octanol–water partition coefficient (Wildman–Crippen LogP) is 5.16. The molecule has 1 aliphatic rings. The normalized spacial score (nSPS) is 16.1. The van der Waals surface area contributed by atoms with Crippen molar-refractivity contribution in [1.82, 2.24) is 20.1 Å². The van der Waals surface area contributed by atoms with Gasteiger partial charge in [0.25, 0.3) is 5.91 Å². The van der Waals surface area contributed by atoms with Crippen molar-refractivity contribution >= 4 is 34.2 Å². The molecule has 0 bridgehead atoms. The fourth-order valence-corrected chi connectivity index (χ4v) is 4.66. The lowest BCUT2D eigenvalue weighted by molar-refractivity contribution is -0.123. The summed E-state index contributed by atoms with van der Waals surface area (Å²) in [4.78, 5) is 28.5. The molecule has 0 spiro atoms. The average molecular weight is 567 g/mol. The van der Waals surface area contributed by atoms with Gasteiger partial charge in [-0.25, -0.2) is 13.8 Å². The van der Waals surface area contributed by atoms with Gasteiger partial charge in [0.1, 0.15) is 17.6 Å². The van der Waals surface area contributed by atoms with Crippen LogP contribution in [0.2, 0.25) is 0 Å². The highest BCUT2D eigenvalue weighted by molar-refractivity contribution is 6.69. The zero-order chi connectivity index (χ0) is 29.8. The molecule has 0 radical (unpaired) electrons. The first-order valence-corrected chi connectivity index (χ1v) is 13.4. The minimum atomic E-state index is -0.990. The minimum Gasteiger partial charge on any atom is -0.384 e. The molecule has 5 rings (SSSR count). The fourth-order valence-electron chi connectivity index (χ4n) is 4.66. The Kier molecular flexibility index (Phi) is 8.15. The van der Waals surface area contributed by atoms with Crippen LogP contribution >= 0.6 is 0 Å². The molecule has 2 aromatic carbocycles. The quantitative estimate of drug-likeness (QED) is 0.319. The van der Waals surface area contributed by atoms with Gasteiger partial charge in [-0.05, 0) is 47.4 Å². The number of nitrogens with zero attached hydrogens (tertiary/aromatic N) is 6. The molecule has 1 amide bonds. The summed E-state index contributed by atoms with van der Waals surface area (Å²) in [6.45, 7) is 2.27. The standard InChI is InChI=1S/C31H28F2N8O/c1-3-18-10-23(14-34)38-28(31(42)41(2)17-20-6-9-25(32)26(33)11-20)27(12-18)36-15-19-4-7-21(8-5-19)22-13-24-29(35)39-40-30(24)37-16-22/h4-9,11-13,16,23H,3,10,15,17H2,1-2H3,(H3,35,37,39,40). The number of halogens is 2. The number of aliphatic imine (C=N–C) groups is 2. The molecule has 0 saturated heterocycles. The minimum absolute atomic E-state index is 0.0243. The molecular formula is C31H28F2N8O. The Morgan fingerprint density at radius 1 is 1.14 bits per heavy atom. The maximum absolute atomic E-state index is 13.8. The molecule has 3 heterocycles. The molecule has 2 aromatic heterocycles. The van der Waals surface area contributed by atoms with E-state index in [1.54, 1.807) is 13.2 Å². The number of carbonyl (C=O) groups is 1. The first kappa shape index (κ1) is 28.3. The Morgan fingerprint density at radius 2 is 1.90 bits per heavy atom. The number of anilines is 1. The number of nitrogens with two attached hydrogens (primary N) is 1. The van der Waals surface area contributed by atoms with E-state index in [-0.39, 0.29) is 18.8 Å². The highest BCUT2D eigenvalue weighted by Gasteiger charge is 2.26. The van der Waals surface area contributed by atoms with Gasteiger partial charge in [-0.3, -0.25) is 19.9 Å². The van der Waals surface area contributed by atoms with Gasteiger partial charge < -0.3 is 10.6 Å². The topological polar surface area (TPSA) is 136 Å². The maximum Gasteiger partial charge on any atom is 0.274 e. The number of fused-ring (bicyclic) bond motifs is 1. The second kappa shape index (κ2) is 12.1. The number of nitriles is 1. The highest BCUT2D eigenvalue weighted by atomic mass is 19.2. The van der Waals surface area contributed by atoms with Crippen molar-refractivity contribution in [3.63, 3.8) is 0 Å². The number of amides is 1. The Morgan fingerprint density at radius 3 is 2.62 bits per heavy atom. The number of nitrogen functional groups attached to an aromatic ring is 1. The van der Waals surface area contributed by atoms with Crippen molar-refractivity contribution < 1.29 is 13.6 Å². The first-order chi connectivity index (χ1) is 20.2. The number of H-pyrrole nitrogens is 1. The number of allylic oxidation sites excluding steroid dienone is 1. The van der Waals surface area contributed by atoms with Crippen molar-refractivity contribution in [3.05, 3.63) is 89.1 Å². The van der Waals surface area contributed by atoms with E-state index in [2.05, 4.69) is 26.2 Å². The Balaban J connectivity index is 1.40. The lowest BCUT2D eigenvalue weighted by Gasteiger charge is -2.19. The molecule has 9 nitrogen and oxygen atoms in total. The number of hydrogen-bond donors (Lipinski definition) is 2. The van der Waals surface area contributed by atoms with Gasteiger partial charge in [-0.15, -0.1) is 0 Å². The summed E-state index contributed by atoms with van der Waals surface area (Å²) in [5, 5.41) is 17.2. The van der Waals surface area contributed by atoms with Gasteiger partial charge >= 0.3 is 0 Å². The number of nitrogens with one attached hydrogen (secondary N) is 1. The molecule has 3 N–H and O–H groups in total. The number of pyridine rings is 1. The third-order valence-corrected chi connectivity index (χ3v) is 7.04. The average Bonchev–Trinajstić information content (AvgIpc) is 3.27. The molecular weight excluding hydrogens is 538 g/mol. The first-order valence-electron chi connectivity index (χ1n) is 13.4. The molecule has 11 heteroatoms. The molecule has 1 atom stereocenters. The van der Waals surface area contributed by atoms with E-state index in [9.17, 15) is 18.8 Å². The van der Waals surface area contributed by atoms with Crippen molar-refractivity contribution in [3.8, 4) is 17.2 Å². The van der Waals surface area contributed by atoms with Crippen LogP contribution in [0, 0.1) is 23.0 Å². The summed E-state index contributed by atoms with van der Waals surface area (Å²) in [6, 6.07) is 14.6. The third kappa shape index (κ3) is 6.07. The number of carbonyl (C=O) groups excluding carboxylic acids is 1. The molecule has 1 unspecified atom stereocenters. The zero-order valence-electron chi connectivity index (χ0n) is 23.1. The van der Waals surface area contributed by atoms with Crippen LogP contribution in [0.5, 0.6) is 0 Å². The van der Waals surface area contributed by atoms with E-state index in [1.165, 1.54) is 11.0 Å². The van der Waals surface area contributed by atoms with Gasteiger partial charge in [-0.2, -0.15) is 10.4 Å². The Labute approximate surface area is 241 Å². The molecule has 212 valence electrons. The second-order valence-electron chi connectivity index (χ2n) is 10.0. The number of aromatic amines is 1. The van der Waals surface area contributed by atoms with E-state index in [1.807, 2.05) is 43.3 Å². The van der Waals surface area contributed by atoms with Crippen LogP contribution < -0.4 is 5.73 Å². The van der Waals surface area contributed by atoms with Crippen LogP contribution in [0.25, 0.3) is 22.2 Å².